The second-order valence-corrected chi connectivity index (χ2v) is 9.83. The number of nitrogens with zero attached hydrogens (tertiary/aromatic N) is 1. The second kappa shape index (κ2) is 10.2. The number of ether oxygens (including phenoxy) is 2. The summed E-state index contributed by atoms with van der Waals surface area (Å²) in [4.78, 5) is 12.3. The molecule has 10 heteroatoms. The molecule has 0 saturated carbocycles. The largest absolute Gasteiger partial charge is 0.488 e. The molecule has 0 unspecified atom stereocenters. The van der Waals surface area contributed by atoms with Gasteiger partial charge in [-0.15, -0.1) is 0 Å². The Kier molecular flexibility index (Phi) is 7.87. The lowest BCUT2D eigenvalue weighted by atomic mass is 10.2. The van der Waals surface area contributed by atoms with E-state index in [1.165, 1.54) is 22.5 Å². The molecular weight excluding hydrogens is 473 g/mol. The Morgan fingerprint density at radius 1 is 0.933 bits per heavy atom. The maximum atomic E-state index is 12.9. The van der Waals surface area contributed by atoms with E-state index in [2.05, 4.69) is 0 Å². The molecule has 1 heterocycles. The van der Waals surface area contributed by atoms with Crippen LogP contribution in [-0.2, 0) is 14.8 Å². The number of rotatable bonds is 7. The van der Waals surface area contributed by atoms with E-state index in [0.29, 0.717) is 28.9 Å². The third kappa shape index (κ3) is 5.59. The summed E-state index contributed by atoms with van der Waals surface area (Å²) in [6.07, 6.45) is 2.60. The standard InChI is InChI=1S/C20H20Cl3NO5S/c21-15-5-7-18(17(23)13-15)28-10-11-29-20(25)14-4-6-16(22)19(12-14)30(26,27)24-8-2-1-3-9-24/h4-7,12-13H,1-3,8-11H2. The molecule has 30 heavy (non-hydrogen) atoms. The number of carbonyl (C=O) groups is 1. The first-order valence-electron chi connectivity index (χ1n) is 9.34. The number of sulfonamides is 1. The van der Waals surface area contributed by atoms with Crippen LogP contribution in [0.3, 0.4) is 0 Å². The summed E-state index contributed by atoms with van der Waals surface area (Å²) in [6, 6.07) is 8.86. The number of esters is 1. The number of piperidine rings is 1. The van der Waals surface area contributed by atoms with E-state index < -0.39 is 16.0 Å². The number of hydrogen-bond donors (Lipinski definition) is 0. The Balaban J connectivity index is 1.63. The van der Waals surface area contributed by atoms with Gasteiger partial charge in [0.05, 0.1) is 15.6 Å². The van der Waals surface area contributed by atoms with Crippen molar-refractivity contribution in [1.29, 1.82) is 0 Å². The number of halogens is 3. The van der Waals surface area contributed by atoms with Crippen molar-refractivity contribution >= 4 is 50.8 Å². The van der Waals surface area contributed by atoms with Gasteiger partial charge in [0.15, 0.2) is 0 Å². The lowest BCUT2D eigenvalue weighted by molar-refractivity contribution is 0.0450. The van der Waals surface area contributed by atoms with Crippen molar-refractivity contribution in [2.75, 3.05) is 26.3 Å². The van der Waals surface area contributed by atoms with E-state index in [-0.39, 0.29) is 28.7 Å². The van der Waals surface area contributed by atoms with Gasteiger partial charge in [-0.1, -0.05) is 41.2 Å². The SMILES string of the molecule is O=C(OCCOc1ccc(Cl)cc1Cl)c1ccc(Cl)c(S(=O)(=O)N2CCCCC2)c1. The van der Waals surface area contributed by atoms with Crippen LogP contribution in [0, 0.1) is 0 Å². The Labute approximate surface area is 190 Å². The highest BCUT2D eigenvalue weighted by Gasteiger charge is 2.29. The molecule has 0 aromatic heterocycles. The lowest BCUT2D eigenvalue weighted by Gasteiger charge is -2.26. The fourth-order valence-electron chi connectivity index (χ4n) is 3.03. The predicted molar refractivity (Wildman–Crippen MR) is 116 cm³/mol. The smallest absolute Gasteiger partial charge is 0.338 e. The molecule has 1 aliphatic heterocycles. The third-order valence-corrected chi connectivity index (χ3v) is 7.48. The van der Waals surface area contributed by atoms with Crippen LogP contribution in [0.25, 0.3) is 0 Å². The fourth-order valence-corrected chi connectivity index (χ4v) is 5.51. The minimum Gasteiger partial charge on any atom is -0.488 e. The normalized spacial score (nSPS) is 15.0. The quantitative estimate of drug-likeness (QED) is 0.399. The molecule has 3 rings (SSSR count). The molecule has 0 atom stereocenters. The van der Waals surface area contributed by atoms with E-state index in [0.717, 1.165) is 19.3 Å². The summed E-state index contributed by atoms with van der Waals surface area (Å²) in [7, 11) is -3.77. The van der Waals surface area contributed by atoms with Crippen molar-refractivity contribution in [3.05, 3.63) is 57.0 Å². The Bertz CT molecular complexity index is 1020. The van der Waals surface area contributed by atoms with Crippen LogP contribution < -0.4 is 4.74 Å². The van der Waals surface area contributed by atoms with Crippen LogP contribution in [0.15, 0.2) is 41.3 Å². The van der Waals surface area contributed by atoms with Gasteiger partial charge >= 0.3 is 5.97 Å². The summed E-state index contributed by atoms with van der Waals surface area (Å²) in [5.41, 5.74) is 0.0968. The van der Waals surface area contributed by atoms with Gasteiger partial charge in [0.1, 0.15) is 23.9 Å². The van der Waals surface area contributed by atoms with Crippen molar-refractivity contribution < 1.29 is 22.7 Å². The number of benzene rings is 2. The summed E-state index contributed by atoms with van der Waals surface area (Å²) < 4.78 is 37.9. The highest BCUT2D eigenvalue weighted by molar-refractivity contribution is 7.89. The molecule has 162 valence electrons. The molecule has 0 aliphatic carbocycles. The summed E-state index contributed by atoms with van der Waals surface area (Å²) in [5.74, 6) is -0.258. The van der Waals surface area contributed by atoms with Crippen LogP contribution in [-0.4, -0.2) is 45.0 Å². The monoisotopic (exact) mass is 491 g/mol. The Morgan fingerprint density at radius 3 is 2.37 bits per heavy atom. The van der Waals surface area contributed by atoms with E-state index >= 15 is 0 Å². The van der Waals surface area contributed by atoms with Crippen molar-refractivity contribution in [2.45, 2.75) is 24.2 Å². The third-order valence-electron chi connectivity index (χ3n) is 4.57. The molecule has 2 aromatic carbocycles. The zero-order chi connectivity index (χ0) is 21.7. The zero-order valence-corrected chi connectivity index (χ0v) is 19.0. The van der Waals surface area contributed by atoms with Gasteiger partial charge in [-0.2, -0.15) is 4.31 Å². The molecule has 1 fully saturated rings. The van der Waals surface area contributed by atoms with Gasteiger partial charge in [0.2, 0.25) is 10.0 Å². The molecule has 6 nitrogen and oxygen atoms in total. The van der Waals surface area contributed by atoms with Crippen LogP contribution in [0.5, 0.6) is 5.75 Å². The van der Waals surface area contributed by atoms with Crippen molar-refractivity contribution in [1.82, 2.24) is 4.31 Å². The van der Waals surface area contributed by atoms with Gasteiger partial charge in [-0.05, 0) is 49.2 Å². The highest BCUT2D eigenvalue weighted by Crippen LogP contribution is 2.29. The summed E-state index contributed by atoms with van der Waals surface area (Å²) in [5, 5.41) is 0.897. The van der Waals surface area contributed by atoms with Crippen LogP contribution in [0.2, 0.25) is 15.1 Å². The van der Waals surface area contributed by atoms with Crippen molar-refractivity contribution in [2.24, 2.45) is 0 Å². The van der Waals surface area contributed by atoms with Gasteiger partial charge in [0.25, 0.3) is 0 Å². The van der Waals surface area contributed by atoms with Crippen molar-refractivity contribution in [3.63, 3.8) is 0 Å². The predicted octanol–water partition coefficient (Wildman–Crippen LogP) is 5.06. The maximum absolute atomic E-state index is 12.9. The molecule has 2 aromatic rings. The first kappa shape index (κ1) is 23.2. The average molecular weight is 493 g/mol. The first-order chi connectivity index (χ1) is 14.3. The Hall–Kier alpha value is -1.51. The van der Waals surface area contributed by atoms with Crippen LogP contribution in [0.4, 0.5) is 0 Å². The second-order valence-electron chi connectivity index (χ2n) is 6.67. The molecule has 1 saturated heterocycles. The van der Waals surface area contributed by atoms with Crippen LogP contribution in [0.1, 0.15) is 29.6 Å². The maximum Gasteiger partial charge on any atom is 0.338 e. The van der Waals surface area contributed by atoms with Gasteiger partial charge in [-0.25, -0.2) is 13.2 Å². The minimum atomic E-state index is -3.77. The van der Waals surface area contributed by atoms with E-state index in [9.17, 15) is 13.2 Å². The summed E-state index contributed by atoms with van der Waals surface area (Å²) >= 11 is 18.0. The number of hydrogen-bond acceptors (Lipinski definition) is 5. The minimum absolute atomic E-state index is 0.0470. The topological polar surface area (TPSA) is 72.9 Å². The van der Waals surface area contributed by atoms with Gasteiger partial charge in [0, 0.05) is 18.1 Å². The van der Waals surface area contributed by atoms with Crippen LogP contribution >= 0.6 is 34.8 Å². The molecule has 0 bridgehead atoms. The average Bonchev–Trinajstić information content (AvgIpc) is 2.73. The molecular formula is C20H20Cl3NO5S. The molecule has 0 N–H and O–H groups in total. The molecule has 1 aliphatic rings. The molecule has 0 amide bonds. The van der Waals surface area contributed by atoms with E-state index in [1.807, 2.05) is 0 Å². The molecule has 0 radical (unpaired) electrons. The van der Waals surface area contributed by atoms with E-state index in [1.54, 1.807) is 18.2 Å². The summed E-state index contributed by atoms with van der Waals surface area (Å²) in [6.45, 7) is 0.907. The van der Waals surface area contributed by atoms with E-state index in [4.69, 9.17) is 44.3 Å². The highest BCUT2D eigenvalue weighted by atomic mass is 35.5. The number of carbonyl (C=O) groups excluding carboxylic acids is 1. The fraction of sp³-hybridized carbons (Fsp3) is 0.350. The van der Waals surface area contributed by atoms with Crippen molar-refractivity contribution in [3.8, 4) is 5.75 Å². The molecule has 0 spiro atoms. The van der Waals surface area contributed by atoms with Gasteiger partial charge < -0.3 is 9.47 Å². The zero-order valence-electron chi connectivity index (χ0n) is 15.9. The Morgan fingerprint density at radius 2 is 1.67 bits per heavy atom. The van der Waals surface area contributed by atoms with Gasteiger partial charge in [-0.3, -0.25) is 0 Å². The first-order valence-corrected chi connectivity index (χ1v) is 11.9. The lowest BCUT2D eigenvalue weighted by Crippen LogP contribution is -2.35.